The van der Waals surface area contributed by atoms with Crippen LogP contribution in [0.1, 0.15) is 25.3 Å². The zero-order valence-corrected chi connectivity index (χ0v) is 11.4. The maximum atomic E-state index is 11.7. The molecule has 0 fully saturated rings. The molecule has 0 aromatic heterocycles. The van der Waals surface area contributed by atoms with Crippen molar-refractivity contribution in [2.45, 2.75) is 19.8 Å². The second-order valence-electron chi connectivity index (χ2n) is 4.30. The molecule has 0 aliphatic carbocycles. The Labute approximate surface area is 112 Å². The van der Waals surface area contributed by atoms with Crippen LogP contribution in [-0.4, -0.2) is 23.2 Å². The first-order valence-corrected chi connectivity index (χ1v) is 7.20. The summed E-state index contributed by atoms with van der Waals surface area (Å²) in [7, 11) is 0. The molecule has 2 rings (SSSR count). The number of carbonyl (C=O) groups is 1. The average molecular weight is 262 g/mol. The SMILES string of the molecule is CCCCN1CSC(c2ccccc2)=C1C(N)=O. The maximum absolute atomic E-state index is 11.7. The Morgan fingerprint density at radius 3 is 2.72 bits per heavy atom. The van der Waals surface area contributed by atoms with Crippen LogP contribution < -0.4 is 5.73 Å². The zero-order valence-electron chi connectivity index (χ0n) is 10.6. The summed E-state index contributed by atoms with van der Waals surface area (Å²) in [5.41, 5.74) is 7.30. The van der Waals surface area contributed by atoms with Gasteiger partial charge in [-0.2, -0.15) is 0 Å². The molecule has 1 aliphatic rings. The quantitative estimate of drug-likeness (QED) is 0.887. The summed E-state index contributed by atoms with van der Waals surface area (Å²) in [6, 6.07) is 9.98. The van der Waals surface area contributed by atoms with Gasteiger partial charge in [0.1, 0.15) is 5.70 Å². The fourth-order valence-electron chi connectivity index (χ4n) is 2.02. The molecule has 1 heterocycles. The smallest absolute Gasteiger partial charge is 0.266 e. The second kappa shape index (κ2) is 5.96. The summed E-state index contributed by atoms with van der Waals surface area (Å²) >= 11 is 1.70. The third-order valence-electron chi connectivity index (χ3n) is 2.95. The van der Waals surface area contributed by atoms with Crippen LogP contribution in [0.15, 0.2) is 36.0 Å². The first kappa shape index (κ1) is 13.0. The summed E-state index contributed by atoms with van der Waals surface area (Å²) in [4.78, 5) is 14.8. The fraction of sp³-hybridized carbons (Fsp3) is 0.357. The molecule has 96 valence electrons. The summed E-state index contributed by atoms with van der Waals surface area (Å²) < 4.78 is 0. The van der Waals surface area contributed by atoms with Crippen molar-refractivity contribution in [2.75, 3.05) is 12.4 Å². The van der Waals surface area contributed by atoms with Gasteiger partial charge >= 0.3 is 0 Å². The molecule has 0 saturated heterocycles. The molecule has 1 aliphatic heterocycles. The summed E-state index contributed by atoms with van der Waals surface area (Å²) in [5.74, 6) is 0.498. The lowest BCUT2D eigenvalue weighted by Gasteiger charge is -2.19. The number of amides is 1. The highest BCUT2D eigenvalue weighted by molar-refractivity contribution is 8.08. The van der Waals surface area contributed by atoms with Crippen molar-refractivity contribution in [3.63, 3.8) is 0 Å². The number of unbranched alkanes of at least 4 members (excludes halogenated alkanes) is 1. The zero-order chi connectivity index (χ0) is 13.0. The fourth-order valence-corrected chi connectivity index (χ4v) is 3.23. The van der Waals surface area contributed by atoms with E-state index in [0.717, 1.165) is 35.7 Å². The Kier molecular flexibility index (Phi) is 4.31. The van der Waals surface area contributed by atoms with Crippen molar-refractivity contribution in [1.29, 1.82) is 0 Å². The highest BCUT2D eigenvalue weighted by Gasteiger charge is 2.27. The van der Waals surface area contributed by atoms with E-state index in [-0.39, 0.29) is 5.91 Å². The monoisotopic (exact) mass is 262 g/mol. The Morgan fingerprint density at radius 2 is 2.11 bits per heavy atom. The van der Waals surface area contributed by atoms with E-state index in [1.54, 1.807) is 11.8 Å². The molecule has 3 nitrogen and oxygen atoms in total. The number of hydrogen-bond donors (Lipinski definition) is 1. The Balaban J connectivity index is 2.30. The largest absolute Gasteiger partial charge is 0.364 e. The minimum atomic E-state index is -0.324. The van der Waals surface area contributed by atoms with Crippen molar-refractivity contribution in [3.8, 4) is 0 Å². The van der Waals surface area contributed by atoms with Gasteiger partial charge in [0.15, 0.2) is 0 Å². The molecule has 0 spiro atoms. The summed E-state index contributed by atoms with van der Waals surface area (Å²) in [5, 5.41) is 0. The molecule has 4 heteroatoms. The highest BCUT2D eigenvalue weighted by atomic mass is 32.2. The van der Waals surface area contributed by atoms with E-state index in [2.05, 4.69) is 11.8 Å². The molecule has 1 amide bonds. The number of nitrogens with two attached hydrogens (primary N) is 1. The molecule has 0 radical (unpaired) electrons. The van der Waals surface area contributed by atoms with Gasteiger partial charge in [-0.15, -0.1) is 11.8 Å². The predicted octanol–water partition coefficient (Wildman–Crippen LogP) is 2.65. The molecule has 1 aromatic carbocycles. The molecule has 1 aromatic rings. The topological polar surface area (TPSA) is 46.3 Å². The van der Waals surface area contributed by atoms with Crippen LogP contribution in [0.4, 0.5) is 0 Å². The van der Waals surface area contributed by atoms with Crippen LogP contribution in [0.2, 0.25) is 0 Å². The number of benzene rings is 1. The normalized spacial score (nSPS) is 15.3. The van der Waals surface area contributed by atoms with Gasteiger partial charge in [0.25, 0.3) is 5.91 Å². The molecule has 0 atom stereocenters. The van der Waals surface area contributed by atoms with Crippen LogP contribution in [-0.2, 0) is 4.79 Å². The Morgan fingerprint density at radius 1 is 1.39 bits per heavy atom. The first-order valence-electron chi connectivity index (χ1n) is 6.21. The number of thioether (sulfide) groups is 1. The van der Waals surface area contributed by atoms with E-state index in [0.29, 0.717) is 5.70 Å². The van der Waals surface area contributed by atoms with E-state index in [4.69, 9.17) is 5.73 Å². The lowest BCUT2D eigenvalue weighted by molar-refractivity contribution is -0.115. The van der Waals surface area contributed by atoms with Gasteiger partial charge in [-0.05, 0) is 12.0 Å². The second-order valence-corrected chi connectivity index (χ2v) is 5.25. The molecule has 0 saturated carbocycles. The van der Waals surface area contributed by atoms with Gasteiger partial charge in [0.05, 0.1) is 5.88 Å². The van der Waals surface area contributed by atoms with Gasteiger partial charge in [0.2, 0.25) is 0 Å². The van der Waals surface area contributed by atoms with Gasteiger partial charge in [0, 0.05) is 11.4 Å². The third-order valence-corrected chi connectivity index (χ3v) is 4.11. The summed E-state index contributed by atoms with van der Waals surface area (Å²) in [6.45, 7) is 3.05. The minimum Gasteiger partial charge on any atom is -0.364 e. The van der Waals surface area contributed by atoms with Crippen LogP contribution in [0.25, 0.3) is 4.91 Å². The molecule has 0 bridgehead atoms. The van der Waals surface area contributed by atoms with E-state index >= 15 is 0 Å². The number of rotatable bonds is 5. The molecule has 2 N–H and O–H groups in total. The van der Waals surface area contributed by atoms with Crippen molar-refractivity contribution >= 4 is 22.6 Å². The van der Waals surface area contributed by atoms with E-state index in [9.17, 15) is 4.79 Å². The lowest BCUT2D eigenvalue weighted by Crippen LogP contribution is -2.29. The van der Waals surface area contributed by atoms with E-state index < -0.39 is 0 Å². The van der Waals surface area contributed by atoms with Gasteiger partial charge in [-0.1, -0.05) is 43.7 Å². The van der Waals surface area contributed by atoms with Crippen LogP contribution in [0.3, 0.4) is 0 Å². The van der Waals surface area contributed by atoms with Crippen molar-refractivity contribution in [2.24, 2.45) is 5.73 Å². The number of nitrogens with zero attached hydrogens (tertiary/aromatic N) is 1. The number of hydrogen-bond acceptors (Lipinski definition) is 3. The van der Waals surface area contributed by atoms with Gasteiger partial charge < -0.3 is 10.6 Å². The van der Waals surface area contributed by atoms with Gasteiger partial charge in [-0.25, -0.2) is 0 Å². The van der Waals surface area contributed by atoms with Crippen molar-refractivity contribution in [1.82, 2.24) is 4.90 Å². The van der Waals surface area contributed by atoms with Crippen molar-refractivity contribution in [3.05, 3.63) is 41.6 Å². The summed E-state index contributed by atoms with van der Waals surface area (Å²) in [6.07, 6.45) is 2.20. The minimum absolute atomic E-state index is 0.324. The Bertz CT molecular complexity index is 456. The lowest BCUT2D eigenvalue weighted by atomic mass is 10.1. The molecular weight excluding hydrogens is 244 g/mol. The average Bonchev–Trinajstić information content (AvgIpc) is 2.81. The van der Waals surface area contributed by atoms with E-state index in [1.807, 2.05) is 30.3 Å². The molecule has 18 heavy (non-hydrogen) atoms. The highest BCUT2D eigenvalue weighted by Crippen LogP contribution is 2.39. The third kappa shape index (κ3) is 2.70. The standard InChI is InChI=1S/C14H18N2OS/c1-2-3-9-16-10-18-13(12(16)14(15)17)11-7-5-4-6-8-11/h4-8H,2-3,9-10H2,1H3,(H2,15,17). The van der Waals surface area contributed by atoms with Gasteiger partial charge in [-0.3, -0.25) is 4.79 Å². The molecular formula is C14H18N2OS. The van der Waals surface area contributed by atoms with Crippen LogP contribution in [0, 0.1) is 0 Å². The van der Waals surface area contributed by atoms with Crippen LogP contribution in [0.5, 0.6) is 0 Å². The van der Waals surface area contributed by atoms with Crippen LogP contribution >= 0.6 is 11.8 Å². The number of primary amides is 1. The maximum Gasteiger partial charge on any atom is 0.266 e. The van der Waals surface area contributed by atoms with Crippen molar-refractivity contribution < 1.29 is 4.79 Å². The number of carbonyl (C=O) groups excluding carboxylic acids is 1. The predicted molar refractivity (Wildman–Crippen MR) is 76.6 cm³/mol. The first-order chi connectivity index (χ1) is 8.74. The molecule has 0 unspecified atom stereocenters. The Hall–Kier alpha value is -1.42. The van der Waals surface area contributed by atoms with E-state index in [1.165, 1.54) is 0 Å².